The van der Waals surface area contributed by atoms with E-state index in [-0.39, 0.29) is 0 Å². The smallest absolute Gasteiger partial charge is 0.321 e. The van der Waals surface area contributed by atoms with E-state index in [0.29, 0.717) is 42.7 Å². The van der Waals surface area contributed by atoms with Gasteiger partial charge >= 0.3 is 5.97 Å². The Morgan fingerprint density at radius 1 is 1.06 bits per heavy atom. The minimum absolute atomic E-state index is 0.318. The molecule has 4 rings (SSSR count). The molecule has 0 bridgehead atoms. The largest absolute Gasteiger partial charge is 0.490 e. The topological polar surface area (TPSA) is 83.6 Å². The summed E-state index contributed by atoms with van der Waals surface area (Å²) in [6, 6.07) is 20.5. The summed E-state index contributed by atoms with van der Waals surface area (Å²) in [6.45, 7) is 3.02. The first-order chi connectivity index (χ1) is 16.5. The van der Waals surface area contributed by atoms with E-state index in [1.54, 1.807) is 6.07 Å². The van der Waals surface area contributed by atoms with Crippen LogP contribution in [-0.2, 0) is 24.4 Å². The number of carbonyl (C=O) groups is 1. The van der Waals surface area contributed by atoms with Crippen LogP contribution in [0.2, 0.25) is 5.02 Å². The first-order valence-electron chi connectivity index (χ1n) is 11.2. The molecule has 6 nitrogen and oxygen atoms in total. The van der Waals surface area contributed by atoms with Crippen LogP contribution in [0.1, 0.15) is 23.6 Å². The number of para-hydroxylation sites is 1. The number of aromatic nitrogens is 1. The Balaban J connectivity index is 1.47. The van der Waals surface area contributed by atoms with Crippen LogP contribution in [0.4, 0.5) is 0 Å². The van der Waals surface area contributed by atoms with Crippen molar-refractivity contribution in [2.75, 3.05) is 6.61 Å². The van der Waals surface area contributed by atoms with Crippen molar-refractivity contribution in [1.82, 2.24) is 10.3 Å². The van der Waals surface area contributed by atoms with Gasteiger partial charge in [-0.15, -0.1) is 0 Å². The van der Waals surface area contributed by atoms with E-state index >= 15 is 0 Å². The van der Waals surface area contributed by atoms with Crippen molar-refractivity contribution in [3.63, 3.8) is 0 Å². The molecule has 0 unspecified atom stereocenters. The second kappa shape index (κ2) is 11.1. The molecule has 0 aliphatic rings. The summed E-state index contributed by atoms with van der Waals surface area (Å²) >= 11 is 6.54. The molecule has 1 heterocycles. The van der Waals surface area contributed by atoms with E-state index in [2.05, 4.69) is 10.3 Å². The normalized spacial score (nSPS) is 11.9. The van der Waals surface area contributed by atoms with E-state index in [0.717, 1.165) is 27.6 Å². The summed E-state index contributed by atoms with van der Waals surface area (Å²) in [5.74, 6) is 0.0974. The molecular formula is C27H27ClN2O4. The number of hydrogen-bond acceptors (Lipinski definition) is 4. The van der Waals surface area contributed by atoms with Gasteiger partial charge in [-0.3, -0.25) is 4.79 Å². The van der Waals surface area contributed by atoms with E-state index in [4.69, 9.17) is 21.1 Å². The maximum atomic E-state index is 11.9. The van der Waals surface area contributed by atoms with Gasteiger partial charge in [0.05, 0.1) is 11.6 Å². The van der Waals surface area contributed by atoms with Crippen LogP contribution in [0.3, 0.4) is 0 Å². The number of H-pyrrole nitrogens is 1. The summed E-state index contributed by atoms with van der Waals surface area (Å²) in [4.78, 5) is 15.1. The quantitative estimate of drug-likeness (QED) is 0.262. The predicted molar refractivity (Wildman–Crippen MR) is 134 cm³/mol. The van der Waals surface area contributed by atoms with Crippen LogP contribution in [-0.4, -0.2) is 28.7 Å². The Bertz CT molecular complexity index is 1260. The third kappa shape index (κ3) is 5.71. The molecule has 7 heteroatoms. The zero-order valence-electron chi connectivity index (χ0n) is 18.9. The third-order valence-electron chi connectivity index (χ3n) is 5.54. The number of ether oxygens (including phenoxy) is 2. The van der Waals surface area contributed by atoms with Crippen molar-refractivity contribution < 1.29 is 19.4 Å². The molecule has 3 N–H and O–H groups in total. The van der Waals surface area contributed by atoms with Gasteiger partial charge in [0.25, 0.3) is 0 Å². The lowest BCUT2D eigenvalue weighted by Gasteiger charge is -2.17. The number of carboxylic acid groups (broad SMARTS) is 1. The van der Waals surface area contributed by atoms with Crippen LogP contribution in [0.25, 0.3) is 10.9 Å². The third-order valence-corrected chi connectivity index (χ3v) is 5.83. The molecule has 1 aromatic heterocycles. The van der Waals surface area contributed by atoms with E-state index in [9.17, 15) is 9.90 Å². The summed E-state index contributed by atoms with van der Waals surface area (Å²) in [5, 5.41) is 14.4. The van der Waals surface area contributed by atoms with Gasteiger partial charge in [-0.05, 0) is 41.8 Å². The number of hydrogen-bond donors (Lipinski definition) is 3. The van der Waals surface area contributed by atoms with E-state index in [1.807, 2.05) is 73.8 Å². The molecule has 0 aliphatic heterocycles. The monoisotopic (exact) mass is 478 g/mol. The lowest BCUT2D eigenvalue weighted by molar-refractivity contribution is -0.139. The SMILES string of the molecule is CCOc1cc(CN[C@H](Cc2c[nH]c3ccccc23)C(=O)O)cc(Cl)c1OCc1ccccc1. The fourth-order valence-corrected chi connectivity index (χ4v) is 4.15. The lowest BCUT2D eigenvalue weighted by Crippen LogP contribution is -2.38. The second-order valence-corrected chi connectivity index (χ2v) is 8.35. The molecule has 1 atom stereocenters. The maximum absolute atomic E-state index is 11.9. The minimum atomic E-state index is -0.913. The Labute approximate surface area is 203 Å². The molecule has 0 fully saturated rings. The number of rotatable bonds is 11. The zero-order valence-corrected chi connectivity index (χ0v) is 19.6. The molecule has 0 radical (unpaired) electrons. The van der Waals surface area contributed by atoms with Crippen LogP contribution in [0, 0.1) is 0 Å². The maximum Gasteiger partial charge on any atom is 0.321 e. The average Bonchev–Trinajstić information content (AvgIpc) is 3.24. The molecule has 0 saturated carbocycles. The Hall–Kier alpha value is -3.48. The average molecular weight is 479 g/mol. The van der Waals surface area contributed by atoms with Crippen molar-refractivity contribution in [2.24, 2.45) is 0 Å². The number of carboxylic acids is 1. The zero-order chi connectivity index (χ0) is 23.9. The number of halogens is 1. The molecule has 0 spiro atoms. The highest BCUT2D eigenvalue weighted by atomic mass is 35.5. The van der Waals surface area contributed by atoms with Crippen LogP contribution in [0.15, 0.2) is 72.9 Å². The van der Waals surface area contributed by atoms with Gasteiger partial charge < -0.3 is 24.9 Å². The van der Waals surface area contributed by atoms with Gasteiger partial charge in [0, 0.05) is 30.1 Å². The van der Waals surface area contributed by atoms with E-state index in [1.165, 1.54) is 0 Å². The van der Waals surface area contributed by atoms with Crippen molar-refractivity contribution in [2.45, 2.75) is 32.5 Å². The first kappa shape index (κ1) is 23.7. The summed E-state index contributed by atoms with van der Waals surface area (Å²) in [7, 11) is 0. The van der Waals surface area contributed by atoms with Crippen LogP contribution >= 0.6 is 11.6 Å². The second-order valence-electron chi connectivity index (χ2n) is 7.95. The fourth-order valence-electron chi connectivity index (χ4n) is 3.86. The number of aliphatic carboxylic acids is 1. The highest BCUT2D eigenvalue weighted by Gasteiger charge is 2.20. The standard InChI is InChI=1S/C27H27ClN2O4/c1-2-33-25-13-19(12-22(28)26(25)34-17-18-8-4-3-5-9-18)15-29-24(27(31)32)14-20-16-30-23-11-7-6-10-21(20)23/h3-13,16,24,29-30H,2,14-15,17H2,1H3,(H,31,32)/t24-/m1/s1. The lowest BCUT2D eigenvalue weighted by atomic mass is 10.0. The number of fused-ring (bicyclic) bond motifs is 1. The fraction of sp³-hybridized carbons (Fsp3) is 0.222. The van der Waals surface area contributed by atoms with Crippen molar-refractivity contribution >= 4 is 28.5 Å². The number of benzene rings is 3. The molecule has 0 amide bonds. The van der Waals surface area contributed by atoms with Gasteiger partial charge in [-0.25, -0.2) is 0 Å². The van der Waals surface area contributed by atoms with E-state index < -0.39 is 12.0 Å². The van der Waals surface area contributed by atoms with Gasteiger partial charge in [0.2, 0.25) is 0 Å². The first-order valence-corrected chi connectivity index (χ1v) is 11.6. The predicted octanol–water partition coefficient (Wildman–Crippen LogP) is 5.58. The van der Waals surface area contributed by atoms with Crippen molar-refractivity contribution in [3.05, 3.63) is 94.6 Å². The van der Waals surface area contributed by atoms with Crippen molar-refractivity contribution in [3.8, 4) is 11.5 Å². The molecule has 0 aliphatic carbocycles. The molecule has 0 saturated heterocycles. The summed E-state index contributed by atoms with van der Waals surface area (Å²) in [5.41, 5.74) is 3.77. The molecule has 34 heavy (non-hydrogen) atoms. The van der Waals surface area contributed by atoms with Crippen LogP contribution in [0.5, 0.6) is 11.5 Å². The van der Waals surface area contributed by atoms with Gasteiger partial charge in [0.15, 0.2) is 11.5 Å². The van der Waals surface area contributed by atoms with Crippen LogP contribution < -0.4 is 14.8 Å². The molecule has 4 aromatic rings. The highest BCUT2D eigenvalue weighted by molar-refractivity contribution is 6.32. The van der Waals surface area contributed by atoms with Gasteiger partial charge in [-0.2, -0.15) is 0 Å². The number of aromatic amines is 1. The highest BCUT2D eigenvalue weighted by Crippen LogP contribution is 2.37. The molecular weight excluding hydrogens is 452 g/mol. The number of nitrogens with one attached hydrogen (secondary N) is 2. The Morgan fingerprint density at radius 3 is 2.59 bits per heavy atom. The van der Waals surface area contributed by atoms with Gasteiger partial charge in [0.1, 0.15) is 12.6 Å². The minimum Gasteiger partial charge on any atom is -0.490 e. The Morgan fingerprint density at radius 2 is 1.82 bits per heavy atom. The molecule has 176 valence electrons. The van der Waals surface area contributed by atoms with Crippen molar-refractivity contribution in [1.29, 1.82) is 0 Å². The molecule has 3 aromatic carbocycles. The Kier molecular flexibility index (Phi) is 7.72. The summed E-state index contributed by atoms with van der Waals surface area (Å²) in [6.07, 6.45) is 2.22. The summed E-state index contributed by atoms with van der Waals surface area (Å²) < 4.78 is 11.7. The van der Waals surface area contributed by atoms with Gasteiger partial charge in [-0.1, -0.05) is 60.1 Å².